The van der Waals surface area contributed by atoms with E-state index < -0.39 is 0 Å². The second kappa shape index (κ2) is 5.59. The number of Topliss-reactive ketones (excluding diaryl/α,β-unsaturated/α-hetero) is 1. The molecule has 0 unspecified atom stereocenters. The van der Waals surface area contributed by atoms with Crippen molar-refractivity contribution in [1.29, 1.82) is 0 Å². The van der Waals surface area contributed by atoms with E-state index in [1.807, 2.05) is 30.4 Å². The monoisotopic (exact) mass is 304 g/mol. The van der Waals surface area contributed by atoms with E-state index in [0.717, 1.165) is 29.6 Å². The molecule has 0 radical (unpaired) electrons. The third-order valence-corrected chi connectivity index (χ3v) is 4.59. The van der Waals surface area contributed by atoms with Crippen LogP contribution >= 0.6 is 23.2 Å². The summed E-state index contributed by atoms with van der Waals surface area (Å²) in [6, 6.07) is 5.74. The summed E-state index contributed by atoms with van der Waals surface area (Å²) in [5, 5.41) is 1.13. The third-order valence-electron chi connectivity index (χ3n) is 3.85. The van der Waals surface area contributed by atoms with Crippen LogP contribution in [0.5, 0.6) is 0 Å². The normalized spacial score (nSPS) is 21.9. The van der Waals surface area contributed by atoms with Gasteiger partial charge in [-0.3, -0.25) is 4.79 Å². The van der Waals surface area contributed by atoms with E-state index in [9.17, 15) is 4.79 Å². The summed E-state index contributed by atoms with van der Waals surface area (Å²) in [6.45, 7) is 0. The highest BCUT2D eigenvalue weighted by Crippen LogP contribution is 2.39. The minimum absolute atomic E-state index is 0.219. The number of ketones is 1. The van der Waals surface area contributed by atoms with Gasteiger partial charge in [-0.25, -0.2) is 0 Å². The van der Waals surface area contributed by atoms with Crippen molar-refractivity contribution >= 4 is 29.0 Å². The van der Waals surface area contributed by atoms with Crippen LogP contribution in [0.15, 0.2) is 53.6 Å². The van der Waals surface area contributed by atoms with Gasteiger partial charge in [0.1, 0.15) is 0 Å². The number of halogens is 2. The number of carbonyl (C=O) groups excluding carboxylic acids is 1. The van der Waals surface area contributed by atoms with Gasteiger partial charge in [0, 0.05) is 17.9 Å². The zero-order valence-corrected chi connectivity index (χ0v) is 12.4. The zero-order valence-electron chi connectivity index (χ0n) is 10.9. The summed E-state index contributed by atoms with van der Waals surface area (Å²) in [7, 11) is 0. The second-order valence-electron chi connectivity index (χ2n) is 5.10. The summed E-state index contributed by atoms with van der Waals surface area (Å²) in [6.07, 6.45) is 10.5. The molecule has 102 valence electrons. The maximum Gasteiger partial charge on any atom is 0.163 e. The Bertz CT molecular complexity index is 653. The van der Waals surface area contributed by atoms with Crippen LogP contribution in [0.1, 0.15) is 30.7 Å². The third kappa shape index (κ3) is 2.48. The molecular formula is C17H14Cl2O. The van der Waals surface area contributed by atoms with Gasteiger partial charge in [0.15, 0.2) is 5.78 Å². The molecule has 2 aliphatic carbocycles. The van der Waals surface area contributed by atoms with E-state index in [2.05, 4.69) is 12.2 Å². The fraction of sp³-hybridized carbons (Fsp3) is 0.235. The van der Waals surface area contributed by atoms with Gasteiger partial charge in [-0.05, 0) is 36.1 Å². The minimum Gasteiger partial charge on any atom is -0.294 e. The molecule has 0 aromatic heterocycles. The van der Waals surface area contributed by atoms with Crippen LogP contribution < -0.4 is 0 Å². The summed E-state index contributed by atoms with van der Waals surface area (Å²) in [5.74, 6) is 0.454. The van der Waals surface area contributed by atoms with Gasteiger partial charge < -0.3 is 0 Å². The number of rotatable bonds is 1. The summed E-state index contributed by atoms with van der Waals surface area (Å²) in [4.78, 5) is 12.1. The molecule has 0 spiro atoms. The molecule has 1 aromatic carbocycles. The van der Waals surface area contributed by atoms with Crippen molar-refractivity contribution in [3.63, 3.8) is 0 Å². The molecule has 0 N–H and O–H groups in total. The van der Waals surface area contributed by atoms with E-state index in [1.54, 1.807) is 0 Å². The molecule has 0 saturated heterocycles. The minimum atomic E-state index is 0.219. The molecular weight excluding hydrogens is 291 g/mol. The van der Waals surface area contributed by atoms with E-state index in [-0.39, 0.29) is 11.7 Å². The van der Waals surface area contributed by atoms with E-state index in [0.29, 0.717) is 16.5 Å². The molecule has 0 aliphatic heterocycles. The Morgan fingerprint density at radius 1 is 1.05 bits per heavy atom. The molecule has 0 amide bonds. The van der Waals surface area contributed by atoms with E-state index in [1.165, 1.54) is 0 Å². The predicted octanol–water partition coefficient (Wildman–Crippen LogP) is 5.25. The van der Waals surface area contributed by atoms with Crippen LogP contribution in [0.4, 0.5) is 0 Å². The average Bonchev–Trinajstić information content (AvgIpc) is 2.69. The predicted molar refractivity (Wildman–Crippen MR) is 83.4 cm³/mol. The van der Waals surface area contributed by atoms with E-state index in [4.69, 9.17) is 23.2 Å². The molecule has 1 atom stereocenters. The first-order valence-electron chi connectivity index (χ1n) is 6.72. The van der Waals surface area contributed by atoms with Crippen molar-refractivity contribution in [1.82, 2.24) is 0 Å². The van der Waals surface area contributed by atoms with Crippen molar-refractivity contribution in [2.45, 2.75) is 25.2 Å². The van der Waals surface area contributed by atoms with Gasteiger partial charge >= 0.3 is 0 Å². The van der Waals surface area contributed by atoms with Crippen LogP contribution in [0, 0.1) is 0 Å². The van der Waals surface area contributed by atoms with Gasteiger partial charge in [-0.15, -0.1) is 0 Å². The Kier molecular flexibility index (Phi) is 3.82. The Morgan fingerprint density at radius 2 is 1.85 bits per heavy atom. The van der Waals surface area contributed by atoms with Crippen LogP contribution in [0.2, 0.25) is 10.0 Å². The van der Waals surface area contributed by atoms with Crippen molar-refractivity contribution in [2.24, 2.45) is 0 Å². The summed E-state index contributed by atoms with van der Waals surface area (Å²) in [5.41, 5.74) is 3.08. The average molecular weight is 305 g/mol. The Labute approximate surface area is 128 Å². The van der Waals surface area contributed by atoms with Gasteiger partial charge in [-0.1, -0.05) is 53.6 Å². The van der Waals surface area contributed by atoms with Crippen LogP contribution in [-0.2, 0) is 4.79 Å². The Morgan fingerprint density at radius 3 is 2.65 bits per heavy atom. The standard InChI is InChI=1S/C17H14Cl2O/c18-15-8-6-11(10-16(15)19)12-7-9-17(20)14-5-3-1-2-4-13(12)14/h2-6,8,10,12H,1,7,9H2/t12-/m0/s1. The lowest BCUT2D eigenvalue weighted by Crippen LogP contribution is -2.16. The van der Waals surface area contributed by atoms with Gasteiger partial charge in [-0.2, -0.15) is 0 Å². The Balaban J connectivity index is 2.09. The molecule has 3 heteroatoms. The summed E-state index contributed by atoms with van der Waals surface area (Å²) < 4.78 is 0. The van der Waals surface area contributed by atoms with Crippen LogP contribution in [-0.4, -0.2) is 5.78 Å². The van der Waals surface area contributed by atoms with Crippen molar-refractivity contribution < 1.29 is 4.79 Å². The smallest absolute Gasteiger partial charge is 0.163 e. The maximum atomic E-state index is 12.1. The summed E-state index contributed by atoms with van der Waals surface area (Å²) >= 11 is 12.1. The lowest BCUT2D eigenvalue weighted by molar-refractivity contribution is -0.115. The molecule has 1 nitrogen and oxygen atoms in total. The highest BCUT2D eigenvalue weighted by Gasteiger charge is 2.27. The SMILES string of the molecule is O=C1CC[C@@H](c2ccc(Cl)c(Cl)c2)C2=C1C=CCC=C2. The lowest BCUT2D eigenvalue weighted by Gasteiger charge is -2.25. The highest BCUT2D eigenvalue weighted by atomic mass is 35.5. The first-order valence-corrected chi connectivity index (χ1v) is 7.48. The number of allylic oxidation sites excluding steroid dienone is 6. The first kappa shape index (κ1) is 13.7. The molecule has 0 heterocycles. The molecule has 1 aromatic rings. The molecule has 0 fully saturated rings. The lowest BCUT2D eigenvalue weighted by atomic mass is 9.78. The number of hydrogen-bond acceptors (Lipinski definition) is 1. The van der Waals surface area contributed by atoms with Crippen molar-refractivity contribution in [3.8, 4) is 0 Å². The Hall–Kier alpha value is -1.31. The quantitative estimate of drug-likeness (QED) is 0.692. The zero-order chi connectivity index (χ0) is 14.1. The highest BCUT2D eigenvalue weighted by molar-refractivity contribution is 6.42. The number of hydrogen-bond donors (Lipinski definition) is 0. The topological polar surface area (TPSA) is 17.1 Å². The molecule has 2 aliphatic rings. The van der Waals surface area contributed by atoms with Crippen LogP contribution in [0.3, 0.4) is 0 Å². The molecule has 3 rings (SSSR count). The molecule has 20 heavy (non-hydrogen) atoms. The first-order chi connectivity index (χ1) is 9.66. The van der Waals surface area contributed by atoms with Gasteiger partial charge in [0.25, 0.3) is 0 Å². The largest absolute Gasteiger partial charge is 0.294 e. The molecule has 0 bridgehead atoms. The van der Waals surface area contributed by atoms with Gasteiger partial charge in [0.05, 0.1) is 10.0 Å². The van der Waals surface area contributed by atoms with Crippen LogP contribution in [0.25, 0.3) is 0 Å². The van der Waals surface area contributed by atoms with Crippen molar-refractivity contribution in [2.75, 3.05) is 0 Å². The second-order valence-corrected chi connectivity index (χ2v) is 5.91. The van der Waals surface area contributed by atoms with Crippen molar-refractivity contribution in [3.05, 3.63) is 69.3 Å². The fourth-order valence-electron chi connectivity index (χ4n) is 2.84. The van der Waals surface area contributed by atoms with E-state index >= 15 is 0 Å². The molecule has 0 saturated carbocycles. The fourth-order valence-corrected chi connectivity index (χ4v) is 3.15. The maximum absolute atomic E-state index is 12.1. The van der Waals surface area contributed by atoms with Gasteiger partial charge in [0.2, 0.25) is 0 Å². The number of carbonyl (C=O) groups is 1. The number of benzene rings is 1.